The molecule has 0 aromatic heterocycles. The first kappa shape index (κ1) is 15.4. The quantitative estimate of drug-likeness (QED) is 0.725. The number of benzene rings is 1. The van der Waals surface area contributed by atoms with Gasteiger partial charge in [0.05, 0.1) is 6.61 Å². The summed E-state index contributed by atoms with van der Waals surface area (Å²) in [6, 6.07) is 6.96. The van der Waals surface area contributed by atoms with Crippen LogP contribution in [0.1, 0.15) is 12.5 Å². The van der Waals surface area contributed by atoms with Crippen molar-refractivity contribution in [1.82, 2.24) is 5.32 Å². The normalized spacial score (nSPS) is 11.7. The fraction of sp³-hybridized carbons (Fsp3) is 0.385. The van der Waals surface area contributed by atoms with E-state index in [2.05, 4.69) is 5.32 Å². The van der Waals surface area contributed by atoms with Crippen LogP contribution in [0.25, 0.3) is 0 Å². The molecule has 0 spiro atoms. The largest absolute Gasteiger partial charge is 0.484 e. The van der Waals surface area contributed by atoms with Crippen LogP contribution in [0.5, 0.6) is 5.75 Å². The summed E-state index contributed by atoms with van der Waals surface area (Å²) in [4.78, 5) is 11.9. The van der Waals surface area contributed by atoms with Crippen molar-refractivity contribution < 1.29 is 14.3 Å². The lowest BCUT2D eigenvalue weighted by atomic mass is 10.2. The third kappa shape index (κ3) is 5.67. The molecule has 0 saturated heterocycles. The highest BCUT2D eigenvalue weighted by Crippen LogP contribution is 2.13. The monoisotopic (exact) mass is 282 g/mol. The fourth-order valence-corrected chi connectivity index (χ4v) is 1.62. The molecule has 0 aliphatic carbocycles. The van der Waals surface area contributed by atoms with Gasteiger partial charge in [-0.2, -0.15) is 0 Å². The number of carbonyl (C=O) groups is 1. The topological polar surface area (TPSA) is 73.6 Å². The molecular weight excluding hydrogens is 264 g/mol. The predicted octanol–water partition coefficient (Wildman–Crippen LogP) is 0.851. The molecule has 0 bridgehead atoms. The van der Waals surface area contributed by atoms with E-state index >= 15 is 0 Å². The predicted molar refractivity (Wildman–Crippen MR) is 77.3 cm³/mol. The fourth-order valence-electron chi connectivity index (χ4n) is 1.50. The Morgan fingerprint density at radius 3 is 2.89 bits per heavy atom. The number of rotatable bonds is 7. The second kappa shape index (κ2) is 7.70. The summed E-state index contributed by atoms with van der Waals surface area (Å²) in [6.45, 7) is 2.26. The maximum Gasteiger partial charge on any atom is 0.258 e. The van der Waals surface area contributed by atoms with E-state index in [1.807, 2.05) is 6.92 Å². The van der Waals surface area contributed by atoms with Crippen LogP contribution in [0.4, 0.5) is 0 Å². The minimum atomic E-state index is -0.203. The second-order valence-corrected chi connectivity index (χ2v) is 4.54. The number of nitrogens with two attached hydrogens (primary N) is 1. The lowest BCUT2D eigenvalue weighted by Gasteiger charge is -2.13. The molecule has 0 aliphatic heterocycles. The van der Waals surface area contributed by atoms with E-state index in [9.17, 15) is 4.79 Å². The lowest BCUT2D eigenvalue weighted by molar-refractivity contribution is -0.124. The summed E-state index contributed by atoms with van der Waals surface area (Å²) in [5.74, 6) is 0.352. The SMILES string of the molecule is COCC(C)NC(=O)COc1cccc(C(N)=S)c1. The average Bonchev–Trinajstić information content (AvgIpc) is 2.37. The Labute approximate surface area is 118 Å². The molecule has 5 nitrogen and oxygen atoms in total. The zero-order valence-corrected chi connectivity index (χ0v) is 11.8. The Kier molecular flexibility index (Phi) is 6.24. The van der Waals surface area contributed by atoms with Gasteiger partial charge in [-0.05, 0) is 19.1 Å². The van der Waals surface area contributed by atoms with Crippen molar-refractivity contribution in [2.24, 2.45) is 5.73 Å². The average molecular weight is 282 g/mol. The van der Waals surface area contributed by atoms with Gasteiger partial charge in [0.2, 0.25) is 0 Å². The first-order valence-corrected chi connectivity index (χ1v) is 6.24. The lowest BCUT2D eigenvalue weighted by Crippen LogP contribution is -2.38. The van der Waals surface area contributed by atoms with E-state index in [4.69, 9.17) is 27.4 Å². The summed E-state index contributed by atoms with van der Waals surface area (Å²) < 4.78 is 10.3. The number of ether oxygens (including phenoxy) is 2. The first-order chi connectivity index (χ1) is 9.02. The van der Waals surface area contributed by atoms with E-state index in [0.717, 1.165) is 0 Å². The van der Waals surface area contributed by atoms with Crippen molar-refractivity contribution in [3.63, 3.8) is 0 Å². The van der Waals surface area contributed by atoms with Gasteiger partial charge >= 0.3 is 0 Å². The van der Waals surface area contributed by atoms with Crippen LogP contribution in [0.2, 0.25) is 0 Å². The molecule has 1 aromatic carbocycles. The Bertz CT molecular complexity index is 451. The van der Waals surface area contributed by atoms with Crippen LogP contribution in [-0.2, 0) is 9.53 Å². The van der Waals surface area contributed by atoms with Gasteiger partial charge in [-0.1, -0.05) is 24.4 Å². The van der Waals surface area contributed by atoms with E-state index in [0.29, 0.717) is 22.9 Å². The van der Waals surface area contributed by atoms with Gasteiger partial charge in [-0.15, -0.1) is 0 Å². The Hall–Kier alpha value is -1.66. The highest BCUT2D eigenvalue weighted by atomic mass is 32.1. The molecule has 1 unspecified atom stereocenters. The highest BCUT2D eigenvalue weighted by molar-refractivity contribution is 7.80. The van der Waals surface area contributed by atoms with E-state index < -0.39 is 0 Å². The number of thiocarbonyl (C=S) groups is 1. The van der Waals surface area contributed by atoms with Gasteiger partial charge in [-0.3, -0.25) is 4.79 Å². The summed E-state index contributed by atoms with van der Waals surface area (Å²) in [6.07, 6.45) is 0. The first-order valence-electron chi connectivity index (χ1n) is 5.84. The maximum atomic E-state index is 11.6. The minimum absolute atomic E-state index is 0.0518. The van der Waals surface area contributed by atoms with E-state index in [1.165, 1.54) is 0 Å². The Balaban J connectivity index is 2.46. The van der Waals surface area contributed by atoms with Crippen LogP contribution in [-0.4, -0.2) is 37.3 Å². The molecule has 1 atom stereocenters. The molecule has 0 heterocycles. The standard InChI is InChI=1S/C13H18N2O3S/c1-9(7-17-2)15-12(16)8-18-11-5-3-4-10(6-11)13(14)19/h3-6,9H,7-8H2,1-2H3,(H2,14,19)(H,15,16). The molecule has 0 radical (unpaired) electrons. The molecule has 0 aliphatic rings. The molecule has 19 heavy (non-hydrogen) atoms. The summed E-state index contributed by atoms with van der Waals surface area (Å²) >= 11 is 4.87. The van der Waals surface area contributed by atoms with Crippen molar-refractivity contribution in [1.29, 1.82) is 0 Å². The molecular formula is C13H18N2O3S. The van der Waals surface area contributed by atoms with Crippen molar-refractivity contribution in [2.75, 3.05) is 20.3 Å². The van der Waals surface area contributed by atoms with Crippen LogP contribution in [0, 0.1) is 0 Å². The molecule has 0 saturated carbocycles. The van der Waals surface area contributed by atoms with Gasteiger partial charge in [0.25, 0.3) is 5.91 Å². The molecule has 1 amide bonds. The number of hydrogen-bond donors (Lipinski definition) is 2. The van der Waals surface area contributed by atoms with Crippen LogP contribution < -0.4 is 15.8 Å². The zero-order chi connectivity index (χ0) is 14.3. The number of nitrogens with one attached hydrogen (secondary N) is 1. The van der Waals surface area contributed by atoms with Crippen LogP contribution >= 0.6 is 12.2 Å². The van der Waals surface area contributed by atoms with Gasteiger partial charge in [-0.25, -0.2) is 0 Å². The van der Waals surface area contributed by atoms with Gasteiger partial charge in [0, 0.05) is 18.7 Å². The molecule has 3 N–H and O–H groups in total. The van der Waals surface area contributed by atoms with E-state index in [1.54, 1.807) is 31.4 Å². The van der Waals surface area contributed by atoms with Crippen molar-refractivity contribution in [3.8, 4) is 5.75 Å². The van der Waals surface area contributed by atoms with Crippen LogP contribution in [0.15, 0.2) is 24.3 Å². The Morgan fingerprint density at radius 1 is 1.53 bits per heavy atom. The van der Waals surface area contributed by atoms with Crippen molar-refractivity contribution in [2.45, 2.75) is 13.0 Å². The number of carbonyl (C=O) groups excluding carboxylic acids is 1. The van der Waals surface area contributed by atoms with Crippen molar-refractivity contribution in [3.05, 3.63) is 29.8 Å². The minimum Gasteiger partial charge on any atom is -0.484 e. The third-order valence-corrected chi connectivity index (χ3v) is 2.55. The van der Waals surface area contributed by atoms with E-state index in [-0.39, 0.29) is 18.6 Å². The molecule has 104 valence electrons. The number of methoxy groups -OCH3 is 1. The summed E-state index contributed by atoms with van der Waals surface area (Å²) in [5, 5.41) is 2.75. The second-order valence-electron chi connectivity index (χ2n) is 4.10. The molecule has 1 rings (SSSR count). The third-order valence-electron chi connectivity index (χ3n) is 2.31. The van der Waals surface area contributed by atoms with Crippen molar-refractivity contribution >= 4 is 23.1 Å². The number of amides is 1. The Morgan fingerprint density at radius 2 is 2.26 bits per heavy atom. The maximum absolute atomic E-state index is 11.6. The molecule has 6 heteroatoms. The van der Waals surface area contributed by atoms with Crippen LogP contribution in [0.3, 0.4) is 0 Å². The highest BCUT2D eigenvalue weighted by Gasteiger charge is 2.08. The summed E-state index contributed by atoms with van der Waals surface area (Å²) in [5.41, 5.74) is 6.23. The zero-order valence-electron chi connectivity index (χ0n) is 11.0. The summed E-state index contributed by atoms with van der Waals surface area (Å²) in [7, 11) is 1.58. The smallest absolute Gasteiger partial charge is 0.258 e. The molecule has 1 aromatic rings. The van der Waals surface area contributed by atoms with Gasteiger partial charge in [0.1, 0.15) is 10.7 Å². The van der Waals surface area contributed by atoms with Gasteiger partial charge < -0.3 is 20.5 Å². The number of hydrogen-bond acceptors (Lipinski definition) is 4. The molecule has 0 fully saturated rings. The van der Waals surface area contributed by atoms with Gasteiger partial charge in [0.15, 0.2) is 6.61 Å².